The van der Waals surface area contributed by atoms with Crippen molar-refractivity contribution in [2.24, 2.45) is 0 Å². The molecule has 1 rings (SSSR count). The second kappa shape index (κ2) is 7.42. The molecular formula is C12H19N3O2S2. The molecule has 1 aromatic rings. The third kappa shape index (κ3) is 4.77. The minimum atomic E-state index is -3.44. The number of hydrogen-bond donors (Lipinski definition) is 3. The third-order valence-electron chi connectivity index (χ3n) is 2.40. The predicted molar refractivity (Wildman–Crippen MR) is 83.1 cm³/mol. The molecule has 4 N–H and O–H groups in total. The topological polar surface area (TPSA) is 84.2 Å². The van der Waals surface area contributed by atoms with Crippen molar-refractivity contribution in [3.8, 4) is 0 Å². The molecule has 0 aromatic heterocycles. The molecule has 0 atom stereocenters. The van der Waals surface area contributed by atoms with Crippen LogP contribution in [0.5, 0.6) is 0 Å². The van der Waals surface area contributed by atoms with Crippen LogP contribution in [-0.2, 0) is 10.0 Å². The fraction of sp³-hybridized carbons (Fsp3) is 0.333. The summed E-state index contributed by atoms with van der Waals surface area (Å²) in [6.07, 6.45) is 1.86. The minimum Gasteiger partial charge on any atom is -0.397 e. The Morgan fingerprint density at radius 1 is 1.47 bits per heavy atom. The van der Waals surface area contributed by atoms with Crippen LogP contribution in [-0.4, -0.2) is 33.5 Å². The number of nitrogens with one attached hydrogen (secondary N) is 2. The maximum atomic E-state index is 11.6. The van der Waals surface area contributed by atoms with E-state index in [9.17, 15) is 8.42 Å². The van der Waals surface area contributed by atoms with E-state index in [0.717, 1.165) is 23.7 Å². The molecule has 0 aliphatic carbocycles. The zero-order chi connectivity index (χ0) is 14.3. The Morgan fingerprint density at radius 3 is 2.79 bits per heavy atom. The van der Waals surface area contributed by atoms with Gasteiger partial charge in [0.1, 0.15) is 0 Å². The van der Waals surface area contributed by atoms with Crippen molar-refractivity contribution in [2.75, 3.05) is 36.1 Å². The van der Waals surface area contributed by atoms with Gasteiger partial charge in [0.15, 0.2) is 0 Å². The first kappa shape index (κ1) is 15.9. The van der Waals surface area contributed by atoms with Crippen molar-refractivity contribution < 1.29 is 8.42 Å². The second-order valence-corrected chi connectivity index (χ2v) is 6.78. The maximum absolute atomic E-state index is 11.6. The number of benzene rings is 1. The van der Waals surface area contributed by atoms with Crippen LogP contribution in [0.3, 0.4) is 0 Å². The van der Waals surface area contributed by atoms with Crippen LogP contribution in [0.1, 0.15) is 0 Å². The normalized spacial score (nSPS) is 11.2. The molecule has 0 radical (unpaired) electrons. The van der Waals surface area contributed by atoms with Crippen LogP contribution in [0.2, 0.25) is 0 Å². The number of hydrogen-bond acceptors (Lipinski definition) is 5. The summed E-state index contributed by atoms with van der Waals surface area (Å²) in [5.74, 6) is 1.85. The summed E-state index contributed by atoms with van der Waals surface area (Å²) >= 11 is 1.76. The quantitative estimate of drug-likeness (QED) is 0.385. The number of rotatable bonds is 8. The Bertz CT molecular complexity index is 530. The summed E-state index contributed by atoms with van der Waals surface area (Å²) in [4.78, 5) is 0.166. The highest BCUT2D eigenvalue weighted by Crippen LogP contribution is 2.22. The summed E-state index contributed by atoms with van der Waals surface area (Å²) < 4.78 is 25.4. The average molecular weight is 301 g/mol. The van der Waals surface area contributed by atoms with Gasteiger partial charge in [0, 0.05) is 18.1 Å². The standard InChI is InChI=1S/C12H19N3O2S2/c1-3-7-18-8-6-15-12-5-4-10(9-11(12)13)19(16,17)14-2/h3-5,9,14-15H,1,6-8,13H2,2H3. The van der Waals surface area contributed by atoms with Gasteiger partial charge in [0.2, 0.25) is 10.0 Å². The van der Waals surface area contributed by atoms with Gasteiger partial charge in [-0.15, -0.1) is 6.58 Å². The van der Waals surface area contributed by atoms with Crippen molar-refractivity contribution in [3.63, 3.8) is 0 Å². The van der Waals surface area contributed by atoms with E-state index in [0.29, 0.717) is 5.69 Å². The first-order valence-corrected chi connectivity index (χ1v) is 8.40. The van der Waals surface area contributed by atoms with E-state index in [1.807, 2.05) is 6.08 Å². The predicted octanol–water partition coefficient (Wildman–Crippen LogP) is 1.51. The van der Waals surface area contributed by atoms with Gasteiger partial charge < -0.3 is 11.1 Å². The first-order valence-electron chi connectivity index (χ1n) is 5.77. The first-order chi connectivity index (χ1) is 9.01. The van der Waals surface area contributed by atoms with Crippen LogP contribution >= 0.6 is 11.8 Å². The molecule has 0 saturated heterocycles. The zero-order valence-electron chi connectivity index (χ0n) is 10.8. The van der Waals surface area contributed by atoms with E-state index < -0.39 is 10.0 Å². The van der Waals surface area contributed by atoms with Crippen molar-refractivity contribution >= 4 is 33.2 Å². The third-order valence-corrected chi connectivity index (χ3v) is 4.78. The molecule has 0 spiro atoms. The summed E-state index contributed by atoms with van der Waals surface area (Å²) in [7, 11) is -2.07. The molecule has 0 heterocycles. The van der Waals surface area contributed by atoms with Crippen LogP contribution in [0.15, 0.2) is 35.7 Å². The molecular weight excluding hydrogens is 282 g/mol. The minimum absolute atomic E-state index is 0.166. The summed E-state index contributed by atoms with van der Waals surface area (Å²) in [6.45, 7) is 4.41. The number of anilines is 2. The molecule has 106 valence electrons. The maximum Gasteiger partial charge on any atom is 0.240 e. The molecule has 5 nitrogen and oxygen atoms in total. The van der Waals surface area contributed by atoms with Gasteiger partial charge in [0.25, 0.3) is 0 Å². The highest BCUT2D eigenvalue weighted by atomic mass is 32.2. The van der Waals surface area contributed by atoms with Gasteiger partial charge >= 0.3 is 0 Å². The van der Waals surface area contributed by atoms with Gasteiger partial charge in [-0.3, -0.25) is 0 Å². The van der Waals surface area contributed by atoms with Crippen molar-refractivity contribution in [1.82, 2.24) is 4.72 Å². The average Bonchev–Trinajstić information content (AvgIpc) is 2.40. The van der Waals surface area contributed by atoms with E-state index in [2.05, 4.69) is 16.6 Å². The lowest BCUT2D eigenvalue weighted by atomic mass is 10.2. The molecule has 0 saturated carbocycles. The highest BCUT2D eigenvalue weighted by Gasteiger charge is 2.12. The molecule has 7 heteroatoms. The Morgan fingerprint density at radius 2 is 2.21 bits per heavy atom. The van der Waals surface area contributed by atoms with Gasteiger partial charge in [-0.1, -0.05) is 6.08 Å². The van der Waals surface area contributed by atoms with E-state index in [1.54, 1.807) is 17.8 Å². The van der Waals surface area contributed by atoms with E-state index in [1.165, 1.54) is 19.2 Å². The van der Waals surface area contributed by atoms with Crippen molar-refractivity contribution in [3.05, 3.63) is 30.9 Å². The van der Waals surface area contributed by atoms with Crippen LogP contribution in [0, 0.1) is 0 Å². The molecule has 0 unspecified atom stereocenters. The lowest BCUT2D eigenvalue weighted by Gasteiger charge is -2.10. The van der Waals surface area contributed by atoms with Crippen LogP contribution in [0.4, 0.5) is 11.4 Å². The number of thioether (sulfide) groups is 1. The van der Waals surface area contributed by atoms with Gasteiger partial charge in [-0.25, -0.2) is 13.1 Å². The van der Waals surface area contributed by atoms with Crippen molar-refractivity contribution in [1.29, 1.82) is 0 Å². The van der Waals surface area contributed by atoms with E-state index in [-0.39, 0.29) is 4.90 Å². The monoisotopic (exact) mass is 301 g/mol. The molecule has 0 fully saturated rings. The van der Waals surface area contributed by atoms with Crippen LogP contribution in [0.25, 0.3) is 0 Å². The lowest BCUT2D eigenvalue weighted by molar-refractivity contribution is 0.588. The summed E-state index contributed by atoms with van der Waals surface area (Å²) in [5, 5.41) is 3.17. The molecule has 0 amide bonds. The van der Waals surface area contributed by atoms with E-state index >= 15 is 0 Å². The molecule has 0 bridgehead atoms. The summed E-state index contributed by atoms with van der Waals surface area (Å²) in [6, 6.07) is 4.66. The lowest BCUT2D eigenvalue weighted by Crippen LogP contribution is -2.19. The number of nitrogen functional groups attached to an aromatic ring is 1. The Kier molecular flexibility index (Phi) is 6.20. The molecule has 0 aliphatic heterocycles. The summed E-state index contributed by atoms with van der Waals surface area (Å²) in [5.41, 5.74) is 7.00. The van der Waals surface area contributed by atoms with Gasteiger partial charge in [0.05, 0.1) is 16.3 Å². The Balaban J connectivity index is 2.65. The smallest absolute Gasteiger partial charge is 0.240 e. The fourth-order valence-electron chi connectivity index (χ4n) is 1.41. The molecule has 19 heavy (non-hydrogen) atoms. The SMILES string of the molecule is C=CCSCCNc1ccc(S(=O)(=O)NC)cc1N. The number of sulfonamides is 1. The van der Waals surface area contributed by atoms with Crippen LogP contribution < -0.4 is 15.8 Å². The molecule has 0 aliphatic rings. The van der Waals surface area contributed by atoms with Crippen molar-refractivity contribution in [2.45, 2.75) is 4.90 Å². The highest BCUT2D eigenvalue weighted by molar-refractivity contribution is 7.99. The Labute approximate surface area is 118 Å². The zero-order valence-corrected chi connectivity index (χ0v) is 12.5. The van der Waals surface area contributed by atoms with Gasteiger partial charge in [-0.2, -0.15) is 11.8 Å². The van der Waals surface area contributed by atoms with Gasteiger partial charge in [-0.05, 0) is 25.2 Å². The second-order valence-electron chi connectivity index (χ2n) is 3.75. The fourth-order valence-corrected chi connectivity index (χ4v) is 2.76. The number of nitrogens with two attached hydrogens (primary N) is 1. The largest absolute Gasteiger partial charge is 0.397 e. The van der Waals surface area contributed by atoms with E-state index in [4.69, 9.17) is 5.73 Å². The Hall–Kier alpha value is -1.18. The molecule has 1 aromatic carbocycles.